The van der Waals surface area contributed by atoms with Crippen molar-refractivity contribution < 1.29 is 14.3 Å². The summed E-state index contributed by atoms with van der Waals surface area (Å²) in [5.41, 5.74) is 3.67. The Morgan fingerprint density at radius 3 is 2.29 bits per heavy atom. The molecule has 0 saturated carbocycles. The number of benzene rings is 2. The minimum Gasteiger partial charge on any atom is -0.483 e. The standard InChI is InChI=1S/C25H33ClN2O3/c1-16-12-17(2)18(3)22(13-16)31-15-23(29)28(14-20-8-10-21(26)11-9-20)19(4)24(30)27-25(5,6)7/h8-13,19H,14-15H2,1-7H3,(H,27,30). The van der Waals surface area contributed by atoms with Crippen LogP contribution in [0.4, 0.5) is 0 Å². The first kappa shape index (κ1) is 24.7. The molecule has 0 radical (unpaired) electrons. The number of rotatable bonds is 7. The summed E-state index contributed by atoms with van der Waals surface area (Å²) in [6, 6.07) is 10.6. The highest BCUT2D eigenvalue weighted by molar-refractivity contribution is 6.30. The number of hydrogen-bond donors (Lipinski definition) is 1. The van der Waals surface area contributed by atoms with Gasteiger partial charge in [-0.05, 0) is 88.9 Å². The van der Waals surface area contributed by atoms with Crippen molar-refractivity contribution in [2.45, 2.75) is 66.6 Å². The third kappa shape index (κ3) is 7.28. The first-order chi connectivity index (χ1) is 14.4. The number of carbonyl (C=O) groups excluding carboxylic acids is 2. The lowest BCUT2D eigenvalue weighted by Crippen LogP contribution is -2.53. The molecule has 1 N–H and O–H groups in total. The maximum absolute atomic E-state index is 13.2. The Hall–Kier alpha value is -2.53. The number of nitrogens with zero attached hydrogens (tertiary/aromatic N) is 1. The lowest BCUT2D eigenvalue weighted by molar-refractivity contribution is -0.142. The number of carbonyl (C=O) groups is 2. The van der Waals surface area contributed by atoms with Crippen LogP contribution < -0.4 is 10.1 Å². The van der Waals surface area contributed by atoms with Crippen molar-refractivity contribution in [1.82, 2.24) is 10.2 Å². The normalized spacial score (nSPS) is 12.3. The number of halogens is 1. The Morgan fingerprint density at radius 1 is 1.10 bits per heavy atom. The molecular formula is C25H33ClN2O3. The molecule has 0 aliphatic rings. The van der Waals surface area contributed by atoms with E-state index in [9.17, 15) is 9.59 Å². The van der Waals surface area contributed by atoms with Crippen LogP contribution in [0.1, 0.15) is 49.9 Å². The van der Waals surface area contributed by atoms with Gasteiger partial charge in [0.05, 0.1) is 0 Å². The average Bonchev–Trinajstić information content (AvgIpc) is 2.67. The second-order valence-corrected chi connectivity index (χ2v) is 9.49. The Balaban J connectivity index is 2.22. The molecule has 0 spiro atoms. The van der Waals surface area contributed by atoms with Crippen LogP contribution in [0, 0.1) is 20.8 Å². The first-order valence-electron chi connectivity index (χ1n) is 10.4. The third-order valence-electron chi connectivity index (χ3n) is 5.05. The van der Waals surface area contributed by atoms with Gasteiger partial charge >= 0.3 is 0 Å². The average molecular weight is 445 g/mol. The monoisotopic (exact) mass is 444 g/mol. The van der Waals surface area contributed by atoms with E-state index in [0.29, 0.717) is 10.8 Å². The highest BCUT2D eigenvalue weighted by Gasteiger charge is 2.28. The van der Waals surface area contributed by atoms with Gasteiger partial charge in [0.1, 0.15) is 11.8 Å². The molecule has 0 heterocycles. The molecule has 1 unspecified atom stereocenters. The molecule has 0 fully saturated rings. The second kappa shape index (κ2) is 10.2. The van der Waals surface area contributed by atoms with Crippen LogP contribution in [-0.2, 0) is 16.1 Å². The Labute approximate surface area is 190 Å². The van der Waals surface area contributed by atoms with Gasteiger partial charge in [0.2, 0.25) is 5.91 Å². The van der Waals surface area contributed by atoms with Gasteiger partial charge in [-0.2, -0.15) is 0 Å². The molecular weight excluding hydrogens is 412 g/mol. The van der Waals surface area contributed by atoms with E-state index in [0.717, 1.165) is 22.3 Å². The number of ether oxygens (including phenoxy) is 1. The van der Waals surface area contributed by atoms with Gasteiger partial charge in [-0.3, -0.25) is 9.59 Å². The smallest absolute Gasteiger partial charge is 0.261 e. The largest absolute Gasteiger partial charge is 0.483 e. The van der Waals surface area contributed by atoms with Crippen LogP contribution in [0.2, 0.25) is 5.02 Å². The predicted molar refractivity (Wildman–Crippen MR) is 126 cm³/mol. The van der Waals surface area contributed by atoms with E-state index < -0.39 is 11.6 Å². The summed E-state index contributed by atoms with van der Waals surface area (Å²) in [7, 11) is 0. The van der Waals surface area contributed by atoms with E-state index >= 15 is 0 Å². The van der Waals surface area contributed by atoms with E-state index in [1.165, 1.54) is 0 Å². The van der Waals surface area contributed by atoms with E-state index in [1.807, 2.05) is 59.7 Å². The lowest BCUT2D eigenvalue weighted by atomic mass is 10.1. The second-order valence-electron chi connectivity index (χ2n) is 9.06. The van der Waals surface area contributed by atoms with Crippen LogP contribution >= 0.6 is 11.6 Å². The van der Waals surface area contributed by atoms with Gasteiger partial charge in [-0.1, -0.05) is 29.8 Å². The maximum atomic E-state index is 13.2. The minimum atomic E-state index is -0.661. The van der Waals surface area contributed by atoms with Crippen LogP contribution in [0.5, 0.6) is 5.75 Å². The SMILES string of the molecule is Cc1cc(C)c(C)c(OCC(=O)N(Cc2ccc(Cl)cc2)C(C)C(=O)NC(C)(C)C)c1. The Morgan fingerprint density at radius 2 is 1.71 bits per heavy atom. The molecule has 6 heteroatoms. The number of nitrogens with one attached hydrogen (secondary N) is 1. The zero-order valence-electron chi connectivity index (χ0n) is 19.5. The van der Waals surface area contributed by atoms with Crippen molar-refractivity contribution in [3.05, 3.63) is 63.7 Å². The van der Waals surface area contributed by atoms with Crippen LogP contribution in [0.15, 0.2) is 36.4 Å². The van der Waals surface area contributed by atoms with Crippen molar-refractivity contribution >= 4 is 23.4 Å². The molecule has 168 valence electrons. The summed E-state index contributed by atoms with van der Waals surface area (Å²) < 4.78 is 5.88. The van der Waals surface area contributed by atoms with Crippen molar-refractivity contribution in [2.75, 3.05) is 6.61 Å². The van der Waals surface area contributed by atoms with Crippen molar-refractivity contribution in [1.29, 1.82) is 0 Å². The molecule has 0 aliphatic carbocycles. The zero-order chi connectivity index (χ0) is 23.3. The fraction of sp³-hybridized carbons (Fsp3) is 0.440. The van der Waals surface area contributed by atoms with Gasteiger partial charge in [0.15, 0.2) is 6.61 Å². The molecule has 2 aromatic carbocycles. The Bertz CT molecular complexity index is 933. The fourth-order valence-corrected chi connectivity index (χ4v) is 3.34. The molecule has 2 aromatic rings. The van der Waals surface area contributed by atoms with Crippen LogP contribution in [0.25, 0.3) is 0 Å². The van der Waals surface area contributed by atoms with Crippen molar-refractivity contribution in [2.24, 2.45) is 0 Å². The summed E-state index contributed by atoms with van der Waals surface area (Å²) in [6.07, 6.45) is 0. The molecule has 0 saturated heterocycles. The number of aryl methyl sites for hydroxylation is 2. The van der Waals surface area contributed by atoms with E-state index in [1.54, 1.807) is 24.0 Å². The molecule has 0 bridgehead atoms. The number of hydrogen-bond acceptors (Lipinski definition) is 3. The molecule has 5 nitrogen and oxygen atoms in total. The molecule has 2 rings (SSSR count). The van der Waals surface area contributed by atoms with Crippen molar-refractivity contribution in [3.63, 3.8) is 0 Å². The Kier molecular flexibility index (Phi) is 8.13. The predicted octanol–water partition coefficient (Wildman–Crippen LogP) is 4.98. The van der Waals surface area contributed by atoms with Gasteiger partial charge < -0.3 is 15.0 Å². The maximum Gasteiger partial charge on any atom is 0.261 e. The molecule has 0 aliphatic heterocycles. The van der Waals surface area contributed by atoms with Gasteiger partial charge in [0.25, 0.3) is 5.91 Å². The summed E-state index contributed by atoms with van der Waals surface area (Å²) in [5.74, 6) is 0.214. The molecule has 31 heavy (non-hydrogen) atoms. The first-order valence-corrected chi connectivity index (χ1v) is 10.8. The topological polar surface area (TPSA) is 58.6 Å². The fourth-order valence-electron chi connectivity index (χ4n) is 3.22. The summed E-state index contributed by atoms with van der Waals surface area (Å²) >= 11 is 5.99. The third-order valence-corrected chi connectivity index (χ3v) is 5.30. The highest BCUT2D eigenvalue weighted by atomic mass is 35.5. The molecule has 2 amide bonds. The summed E-state index contributed by atoms with van der Waals surface area (Å²) in [4.78, 5) is 27.5. The van der Waals surface area contributed by atoms with E-state index in [2.05, 4.69) is 11.4 Å². The van der Waals surface area contributed by atoms with Gasteiger partial charge in [0, 0.05) is 17.1 Å². The summed E-state index contributed by atoms with van der Waals surface area (Å²) in [5, 5.41) is 3.57. The van der Waals surface area contributed by atoms with E-state index in [-0.39, 0.29) is 25.0 Å². The van der Waals surface area contributed by atoms with E-state index in [4.69, 9.17) is 16.3 Å². The van der Waals surface area contributed by atoms with Gasteiger partial charge in [-0.15, -0.1) is 0 Å². The molecule has 1 atom stereocenters. The quantitative estimate of drug-likeness (QED) is 0.655. The zero-order valence-corrected chi connectivity index (χ0v) is 20.3. The lowest BCUT2D eigenvalue weighted by Gasteiger charge is -2.31. The van der Waals surface area contributed by atoms with Gasteiger partial charge in [-0.25, -0.2) is 0 Å². The number of amides is 2. The van der Waals surface area contributed by atoms with Crippen LogP contribution in [-0.4, -0.2) is 34.9 Å². The highest BCUT2D eigenvalue weighted by Crippen LogP contribution is 2.23. The minimum absolute atomic E-state index is 0.148. The summed E-state index contributed by atoms with van der Waals surface area (Å²) in [6.45, 7) is 13.6. The molecule has 0 aromatic heterocycles. The van der Waals surface area contributed by atoms with Crippen LogP contribution in [0.3, 0.4) is 0 Å². The van der Waals surface area contributed by atoms with Crippen molar-refractivity contribution in [3.8, 4) is 5.75 Å².